The fourth-order valence-corrected chi connectivity index (χ4v) is 4.19. The number of imidazole rings is 1. The number of rotatable bonds is 5. The molecule has 0 radical (unpaired) electrons. The molecule has 0 saturated carbocycles. The van der Waals surface area contributed by atoms with Crippen LogP contribution in [0.1, 0.15) is 12.5 Å². The monoisotopic (exact) mass is 494 g/mol. The number of aromatic nitrogens is 5. The molecule has 36 heavy (non-hydrogen) atoms. The SMILES string of the molecule is Cc1cccc2c1n(-c1ccc(-c3cnn4ccccc34)nc1)c(=O)n2CC(=O)N[C@@H](C)C(F)(F)F. The normalized spacial score (nSPS) is 12.8. The van der Waals surface area contributed by atoms with Gasteiger partial charge in [0.25, 0.3) is 0 Å². The van der Waals surface area contributed by atoms with Gasteiger partial charge >= 0.3 is 11.9 Å². The number of hydrogen-bond acceptors (Lipinski definition) is 4. The van der Waals surface area contributed by atoms with Crippen molar-refractivity contribution in [3.8, 4) is 16.9 Å². The number of para-hydroxylation sites is 1. The van der Waals surface area contributed by atoms with E-state index in [0.29, 0.717) is 22.4 Å². The number of nitrogens with one attached hydrogen (secondary N) is 1. The zero-order valence-corrected chi connectivity index (χ0v) is 19.3. The predicted octanol–water partition coefficient (Wildman–Crippen LogP) is 3.88. The highest BCUT2D eigenvalue weighted by molar-refractivity contribution is 5.84. The van der Waals surface area contributed by atoms with Crippen LogP contribution in [-0.2, 0) is 11.3 Å². The third-order valence-corrected chi connectivity index (χ3v) is 6.03. The average Bonchev–Trinajstić information content (AvgIpc) is 3.39. The highest BCUT2D eigenvalue weighted by Crippen LogP contribution is 2.25. The molecule has 0 saturated heterocycles. The standard InChI is InChI=1S/C25H21F3N6O2/c1-15-6-5-8-21-23(15)34(24(36)32(21)14-22(35)31-16(2)25(26,27)28)17-9-10-19(29-12-17)18-13-30-33-11-4-3-7-20(18)33/h3-13,16H,14H2,1-2H3,(H,31,35)/t16-/m0/s1. The van der Waals surface area contributed by atoms with Gasteiger partial charge in [-0.3, -0.25) is 18.9 Å². The fourth-order valence-electron chi connectivity index (χ4n) is 4.19. The summed E-state index contributed by atoms with van der Waals surface area (Å²) in [5.74, 6) is -0.913. The number of benzene rings is 1. The number of pyridine rings is 2. The van der Waals surface area contributed by atoms with Crippen LogP contribution >= 0.6 is 0 Å². The smallest absolute Gasteiger partial charge is 0.343 e. The summed E-state index contributed by atoms with van der Waals surface area (Å²) >= 11 is 0. The Balaban J connectivity index is 1.55. The van der Waals surface area contributed by atoms with E-state index < -0.39 is 30.4 Å². The second-order valence-electron chi connectivity index (χ2n) is 8.47. The van der Waals surface area contributed by atoms with E-state index in [0.717, 1.165) is 23.6 Å². The lowest BCUT2D eigenvalue weighted by atomic mass is 10.1. The molecule has 1 N–H and O–H groups in total. The highest BCUT2D eigenvalue weighted by Gasteiger charge is 2.37. The molecule has 5 aromatic rings. The Kier molecular flexibility index (Phi) is 5.62. The molecule has 11 heteroatoms. The number of carbonyl (C=O) groups excluding carboxylic acids is 1. The van der Waals surface area contributed by atoms with Gasteiger partial charge in [0, 0.05) is 11.8 Å². The lowest BCUT2D eigenvalue weighted by Gasteiger charge is -2.17. The van der Waals surface area contributed by atoms with Gasteiger partial charge in [0.1, 0.15) is 12.6 Å². The number of carbonyl (C=O) groups is 1. The van der Waals surface area contributed by atoms with Crippen LogP contribution in [0.3, 0.4) is 0 Å². The van der Waals surface area contributed by atoms with Gasteiger partial charge in [-0.15, -0.1) is 0 Å². The van der Waals surface area contributed by atoms with Crippen LogP contribution in [0.15, 0.2) is 71.9 Å². The van der Waals surface area contributed by atoms with Crippen LogP contribution in [0, 0.1) is 6.92 Å². The van der Waals surface area contributed by atoms with Crippen molar-refractivity contribution in [3.63, 3.8) is 0 Å². The molecule has 0 spiro atoms. The van der Waals surface area contributed by atoms with E-state index >= 15 is 0 Å². The highest BCUT2D eigenvalue weighted by atomic mass is 19.4. The van der Waals surface area contributed by atoms with E-state index in [1.165, 1.54) is 9.13 Å². The van der Waals surface area contributed by atoms with Gasteiger partial charge in [-0.2, -0.15) is 18.3 Å². The van der Waals surface area contributed by atoms with Crippen LogP contribution in [0.4, 0.5) is 13.2 Å². The summed E-state index contributed by atoms with van der Waals surface area (Å²) in [5.41, 5.74) is 4.01. The topological polar surface area (TPSA) is 86.2 Å². The summed E-state index contributed by atoms with van der Waals surface area (Å²) in [6, 6.07) is 12.4. The van der Waals surface area contributed by atoms with Crippen molar-refractivity contribution in [2.75, 3.05) is 0 Å². The molecule has 1 atom stereocenters. The third-order valence-electron chi connectivity index (χ3n) is 6.03. The second kappa shape index (κ2) is 8.67. The lowest BCUT2D eigenvalue weighted by Crippen LogP contribution is -2.45. The summed E-state index contributed by atoms with van der Waals surface area (Å²) in [6.45, 7) is 2.11. The number of halogens is 3. The van der Waals surface area contributed by atoms with E-state index in [2.05, 4.69) is 10.1 Å². The Labute approximate surface area is 202 Å². The van der Waals surface area contributed by atoms with E-state index in [1.807, 2.05) is 42.7 Å². The molecule has 0 aliphatic carbocycles. The van der Waals surface area contributed by atoms with E-state index in [9.17, 15) is 22.8 Å². The fraction of sp³-hybridized carbons (Fsp3) is 0.200. The molecule has 0 aliphatic rings. The minimum absolute atomic E-state index is 0.432. The molecule has 0 aliphatic heterocycles. The number of aryl methyl sites for hydroxylation is 1. The van der Waals surface area contributed by atoms with Gasteiger partial charge in [-0.1, -0.05) is 18.2 Å². The molecular formula is C25H21F3N6O2. The van der Waals surface area contributed by atoms with Crippen molar-refractivity contribution in [2.45, 2.75) is 32.6 Å². The zero-order valence-electron chi connectivity index (χ0n) is 19.3. The van der Waals surface area contributed by atoms with Gasteiger partial charge in [0.15, 0.2) is 0 Å². The van der Waals surface area contributed by atoms with Crippen molar-refractivity contribution >= 4 is 22.5 Å². The summed E-state index contributed by atoms with van der Waals surface area (Å²) in [4.78, 5) is 30.3. The van der Waals surface area contributed by atoms with Crippen LogP contribution < -0.4 is 11.0 Å². The summed E-state index contributed by atoms with van der Waals surface area (Å²) in [7, 11) is 0. The Morgan fingerprint density at radius 1 is 1.06 bits per heavy atom. The van der Waals surface area contributed by atoms with Crippen molar-refractivity contribution in [2.24, 2.45) is 0 Å². The first kappa shape index (κ1) is 23.3. The van der Waals surface area contributed by atoms with Crippen molar-refractivity contribution < 1.29 is 18.0 Å². The molecule has 1 amide bonds. The molecule has 0 bridgehead atoms. The van der Waals surface area contributed by atoms with Crippen LogP contribution in [0.25, 0.3) is 33.5 Å². The molecule has 5 rings (SSSR count). The summed E-state index contributed by atoms with van der Waals surface area (Å²) < 4.78 is 43.0. The molecule has 184 valence electrons. The Morgan fingerprint density at radius 2 is 1.83 bits per heavy atom. The van der Waals surface area contributed by atoms with E-state index in [1.54, 1.807) is 41.2 Å². The lowest BCUT2D eigenvalue weighted by molar-refractivity contribution is -0.158. The van der Waals surface area contributed by atoms with Crippen molar-refractivity contribution in [1.29, 1.82) is 0 Å². The molecule has 8 nitrogen and oxygen atoms in total. The maximum Gasteiger partial charge on any atom is 0.408 e. The summed E-state index contributed by atoms with van der Waals surface area (Å²) in [6.07, 6.45) is 0.501. The number of nitrogens with zero attached hydrogens (tertiary/aromatic N) is 5. The molecule has 0 fully saturated rings. The van der Waals surface area contributed by atoms with Crippen molar-refractivity contribution in [1.82, 2.24) is 29.0 Å². The van der Waals surface area contributed by atoms with Gasteiger partial charge in [-0.05, 0) is 49.7 Å². The minimum atomic E-state index is -4.58. The molecule has 4 aromatic heterocycles. The average molecular weight is 494 g/mol. The van der Waals surface area contributed by atoms with E-state index in [-0.39, 0.29) is 0 Å². The first-order chi connectivity index (χ1) is 17.1. The maximum absolute atomic E-state index is 13.4. The zero-order chi connectivity index (χ0) is 25.6. The molecule has 4 heterocycles. The molecular weight excluding hydrogens is 473 g/mol. The third kappa shape index (κ3) is 4.02. The van der Waals surface area contributed by atoms with Crippen LogP contribution in [-0.4, -0.2) is 41.9 Å². The van der Waals surface area contributed by atoms with Gasteiger partial charge in [-0.25, -0.2) is 9.31 Å². The Hall–Kier alpha value is -4.41. The molecule has 0 unspecified atom stereocenters. The maximum atomic E-state index is 13.4. The second-order valence-corrected chi connectivity index (χ2v) is 8.47. The number of amides is 1. The van der Waals surface area contributed by atoms with Gasteiger partial charge in [0.2, 0.25) is 5.91 Å². The van der Waals surface area contributed by atoms with Crippen LogP contribution in [0.5, 0.6) is 0 Å². The predicted molar refractivity (Wildman–Crippen MR) is 128 cm³/mol. The van der Waals surface area contributed by atoms with Crippen molar-refractivity contribution in [3.05, 3.63) is 83.2 Å². The van der Waals surface area contributed by atoms with Gasteiger partial charge < -0.3 is 5.32 Å². The quantitative estimate of drug-likeness (QED) is 0.402. The largest absolute Gasteiger partial charge is 0.408 e. The first-order valence-corrected chi connectivity index (χ1v) is 11.1. The van der Waals surface area contributed by atoms with Crippen LogP contribution in [0.2, 0.25) is 0 Å². The first-order valence-electron chi connectivity index (χ1n) is 11.1. The van der Waals surface area contributed by atoms with Gasteiger partial charge in [0.05, 0.1) is 40.3 Å². The van der Waals surface area contributed by atoms with E-state index in [4.69, 9.17) is 0 Å². The number of alkyl halides is 3. The molecule has 1 aromatic carbocycles. The Bertz CT molecular complexity index is 1650. The summed E-state index contributed by atoms with van der Waals surface area (Å²) in [5, 5.41) is 6.23. The number of hydrogen-bond donors (Lipinski definition) is 1. The Morgan fingerprint density at radius 3 is 2.56 bits per heavy atom. The number of fused-ring (bicyclic) bond motifs is 2. The minimum Gasteiger partial charge on any atom is -0.343 e.